The molecule has 7 heteroatoms. The van der Waals surface area contributed by atoms with Crippen LogP contribution in [-0.2, 0) is 15.6 Å². The molecular weight excluding hydrogens is 336 g/mol. The van der Waals surface area contributed by atoms with Crippen LogP contribution >= 0.6 is 0 Å². The lowest BCUT2D eigenvalue weighted by Crippen LogP contribution is -2.18. The van der Waals surface area contributed by atoms with Gasteiger partial charge in [-0.25, -0.2) is 17.2 Å². The van der Waals surface area contributed by atoms with Crippen molar-refractivity contribution in [3.05, 3.63) is 71.4 Å². The molecule has 0 radical (unpaired) electrons. The Kier molecular flexibility index (Phi) is 4.19. The molecule has 124 valence electrons. The number of aromatic nitrogens is 1. The largest absolute Gasteiger partial charge is 0.360 e. The number of Topliss-reactive ketones (excluding diaryl/α,β-unsaturated/α-hetero) is 1. The van der Waals surface area contributed by atoms with E-state index in [0.717, 1.165) is 17.6 Å². The number of aromatic amines is 1. The van der Waals surface area contributed by atoms with Gasteiger partial charge in [0.2, 0.25) is 0 Å². The fraction of sp³-hybridized carbons (Fsp3) is 0.118. The molecule has 0 bridgehead atoms. The maximum Gasteiger partial charge on any atom is 0.180 e. The molecule has 0 atom stereocenters. The van der Waals surface area contributed by atoms with Crippen molar-refractivity contribution in [3.8, 4) is 0 Å². The topological polar surface area (TPSA) is 67.0 Å². The fourth-order valence-electron chi connectivity index (χ4n) is 2.51. The van der Waals surface area contributed by atoms with Crippen LogP contribution in [0.25, 0.3) is 10.9 Å². The minimum Gasteiger partial charge on any atom is -0.360 e. The first-order valence-corrected chi connectivity index (χ1v) is 8.91. The van der Waals surface area contributed by atoms with E-state index in [-0.39, 0.29) is 5.56 Å². The number of rotatable bonds is 5. The maximum atomic E-state index is 13.2. The number of carbonyl (C=O) groups excluding carboxylic acids is 1. The van der Waals surface area contributed by atoms with Gasteiger partial charge in [0.1, 0.15) is 5.75 Å². The summed E-state index contributed by atoms with van der Waals surface area (Å²) in [5.41, 5.74) is 1.12. The fourth-order valence-corrected chi connectivity index (χ4v) is 3.86. The highest BCUT2D eigenvalue weighted by Crippen LogP contribution is 2.19. The highest BCUT2D eigenvalue weighted by atomic mass is 32.2. The van der Waals surface area contributed by atoms with E-state index in [1.807, 2.05) is 0 Å². The van der Waals surface area contributed by atoms with Gasteiger partial charge in [-0.05, 0) is 23.8 Å². The Morgan fingerprint density at radius 1 is 1.04 bits per heavy atom. The summed E-state index contributed by atoms with van der Waals surface area (Å²) in [4.78, 5) is 15.2. The zero-order valence-corrected chi connectivity index (χ0v) is 13.2. The third-order valence-electron chi connectivity index (χ3n) is 3.61. The number of ketones is 1. The number of hydrogen-bond donors (Lipinski definition) is 1. The highest BCUT2D eigenvalue weighted by molar-refractivity contribution is 7.91. The Labute approximate surface area is 137 Å². The first-order valence-electron chi connectivity index (χ1n) is 7.09. The van der Waals surface area contributed by atoms with Crippen molar-refractivity contribution in [1.82, 2.24) is 4.98 Å². The van der Waals surface area contributed by atoms with Crippen LogP contribution in [0.2, 0.25) is 0 Å². The number of benzene rings is 2. The summed E-state index contributed by atoms with van der Waals surface area (Å²) < 4.78 is 50.4. The molecule has 0 saturated carbocycles. The average molecular weight is 349 g/mol. The van der Waals surface area contributed by atoms with E-state index in [9.17, 15) is 22.0 Å². The van der Waals surface area contributed by atoms with Crippen molar-refractivity contribution in [2.75, 3.05) is 5.75 Å². The predicted octanol–water partition coefficient (Wildman–Crippen LogP) is 3.24. The van der Waals surface area contributed by atoms with E-state index < -0.39 is 38.8 Å². The molecule has 0 aliphatic rings. The third-order valence-corrected chi connectivity index (χ3v) is 5.09. The molecular formula is C17H13F2NO3S. The SMILES string of the molecule is O=C(CS(=O)(=O)Cc1ccc(F)c(F)c1)c1c[nH]c2ccccc12. The van der Waals surface area contributed by atoms with Gasteiger partial charge in [0.15, 0.2) is 27.3 Å². The van der Waals surface area contributed by atoms with Gasteiger partial charge in [0, 0.05) is 22.7 Å². The van der Waals surface area contributed by atoms with Gasteiger partial charge in [-0.2, -0.15) is 0 Å². The van der Waals surface area contributed by atoms with E-state index in [1.54, 1.807) is 24.3 Å². The molecule has 1 heterocycles. The second kappa shape index (κ2) is 6.16. The number of fused-ring (bicyclic) bond motifs is 1. The van der Waals surface area contributed by atoms with Crippen LogP contribution in [0.3, 0.4) is 0 Å². The molecule has 4 nitrogen and oxygen atoms in total. The second-order valence-corrected chi connectivity index (χ2v) is 7.52. The van der Waals surface area contributed by atoms with E-state index in [4.69, 9.17) is 0 Å². The predicted molar refractivity (Wildman–Crippen MR) is 86.5 cm³/mol. The van der Waals surface area contributed by atoms with Crippen LogP contribution in [0, 0.1) is 11.6 Å². The van der Waals surface area contributed by atoms with Crippen LogP contribution in [0.4, 0.5) is 8.78 Å². The van der Waals surface area contributed by atoms with Crippen LogP contribution < -0.4 is 0 Å². The summed E-state index contributed by atoms with van der Waals surface area (Å²) in [5.74, 6) is -3.95. The van der Waals surface area contributed by atoms with E-state index in [0.29, 0.717) is 10.9 Å². The van der Waals surface area contributed by atoms with Gasteiger partial charge in [0.25, 0.3) is 0 Å². The zero-order chi connectivity index (χ0) is 17.3. The van der Waals surface area contributed by atoms with Crippen LogP contribution in [0.1, 0.15) is 15.9 Å². The lowest BCUT2D eigenvalue weighted by molar-refractivity contribution is 0.102. The summed E-state index contributed by atoms with van der Waals surface area (Å²) >= 11 is 0. The molecule has 0 saturated heterocycles. The number of H-pyrrole nitrogens is 1. The van der Waals surface area contributed by atoms with Gasteiger partial charge in [0.05, 0.1) is 5.75 Å². The van der Waals surface area contributed by atoms with E-state index in [2.05, 4.69) is 4.98 Å². The minimum absolute atomic E-state index is 0.0978. The molecule has 1 aromatic heterocycles. The molecule has 0 spiro atoms. The van der Waals surface area contributed by atoms with Crippen molar-refractivity contribution in [2.45, 2.75) is 5.75 Å². The number of carbonyl (C=O) groups is 1. The summed E-state index contributed by atoms with van der Waals surface area (Å²) in [7, 11) is -3.81. The molecule has 0 aliphatic heterocycles. The standard InChI is InChI=1S/C17H13F2NO3S/c18-14-6-5-11(7-15(14)19)9-24(22,23)10-17(21)13-8-20-16-4-2-1-3-12(13)16/h1-8,20H,9-10H2. The minimum atomic E-state index is -3.81. The van der Waals surface area contributed by atoms with Crippen molar-refractivity contribution in [1.29, 1.82) is 0 Å². The molecule has 1 N–H and O–H groups in total. The van der Waals surface area contributed by atoms with Crippen LogP contribution in [0.5, 0.6) is 0 Å². The van der Waals surface area contributed by atoms with Gasteiger partial charge >= 0.3 is 0 Å². The van der Waals surface area contributed by atoms with Gasteiger partial charge < -0.3 is 4.98 Å². The summed E-state index contributed by atoms with van der Waals surface area (Å²) in [6, 6.07) is 9.93. The molecule has 3 rings (SSSR count). The van der Waals surface area contributed by atoms with Crippen LogP contribution in [-0.4, -0.2) is 24.9 Å². The Balaban J connectivity index is 1.81. The first kappa shape index (κ1) is 16.3. The molecule has 24 heavy (non-hydrogen) atoms. The number of sulfone groups is 1. The Bertz CT molecular complexity index is 1030. The molecule has 2 aromatic carbocycles. The molecule has 3 aromatic rings. The molecule has 0 aliphatic carbocycles. The smallest absolute Gasteiger partial charge is 0.180 e. The number of nitrogens with one attached hydrogen (secondary N) is 1. The van der Waals surface area contributed by atoms with Crippen molar-refractivity contribution < 1.29 is 22.0 Å². The monoisotopic (exact) mass is 349 g/mol. The highest BCUT2D eigenvalue weighted by Gasteiger charge is 2.21. The molecule has 0 fully saturated rings. The number of hydrogen-bond acceptors (Lipinski definition) is 3. The first-order chi connectivity index (χ1) is 11.4. The third kappa shape index (κ3) is 3.35. The van der Waals surface area contributed by atoms with Gasteiger partial charge in [-0.3, -0.25) is 4.79 Å². The number of para-hydroxylation sites is 1. The molecule has 0 unspecified atom stereocenters. The lowest BCUT2D eigenvalue weighted by atomic mass is 10.1. The normalized spacial score (nSPS) is 11.8. The van der Waals surface area contributed by atoms with E-state index >= 15 is 0 Å². The summed E-state index contributed by atoms with van der Waals surface area (Å²) in [6.45, 7) is 0. The zero-order valence-electron chi connectivity index (χ0n) is 12.4. The van der Waals surface area contributed by atoms with Gasteiger partial charge in [-0.1, -0.05) is 24.3 Å². The lowest BCUT2D eigenvalue weighted by Gasteiger charge is -2.05. The summed E-state index contributed by atoms with van der Waals surface area (Å²) in [5, 5.41) is 0.644. The van der Waals surface area contributed by atoms with Crippen molar-refractivity contribution >= 4 is 26.5 Å². The Morgan fingerprint density at radius 3 is 2.54 bits per heavy atom. The van der Waals surface area contributed by atoms with Gasteiger partial charge in [-0.15, -0.1) is 0 Å². The quantitative estimate of drug-likeness (QED) is 0.719. The van der Waals surface area contributed by atoms with E-state index in [1.165, 1.54) is 12.3 Å². The second-order valence-electron chi connectivity index (χ2n) is 5.45. The Morgan fingerprint density at radius 2 is 1.79 bits per heavy atom. The van der Waals surface area contributed by atoms with Crippen LogP contribution in [0.15, 0.2) is 48.7 Å². The number of halogens is 2. The summed E-state index contributed by atoms with van der Waals surface area (Å²) in [6.07, 6.45) is 1.47. The Hall–Kier alpha value is -2.54. The maximum absolute atomic E-state index is 13.2. The molecule has 0 amide bonds. The van der Waals surface area contributed by atoms with Crippen molar-refractivity contribution in [2.24, 2.45) is 0 Å². The average Bonchev–Trinajstić information content (AvgIpc) is 2.94. The van der Waals surface area contributed by atoms with Crippen molar-refractivity contribution in [3.63, 3.8) is 0 Å².